The van der Waals surface area contributed by atoms with Crippen molar-refractivity contribution in [2.75, 3.05) is 41.0 Å². The van der Waals surface area contributed by atoms with Gasteiger partial charge in [0, 0.05) is 19.3 Å². The fraction of sp³-hybridized carbons (Fsp3) is 0.542. The summed E-state index contributed by atoms with van der Waals surface area (Å²) in [5, 5.41) is 9.66. The van der Waals surface area contributed by atoms with Crippen LogP contribution in [0.2, 0.25) is 0 Å². The molecule has 2 atom stereocenters. The smallest absolute Gasteiger partial charge is 0.362 e. The first kappa shape index (κ1) is 62.2. The standard InChI is InChI=1S/C59H91NO7/c1-6-8-10-12-14-16-18-20-22-24-26-28-29-30-32-33-35-37-39-41-43-45-47-49-57(61)66-54-55(53-65-52-51-56(59(63)64)60(3,4)5)67-58(62)50-48-46-44-42-40-38-36-34-31-27-25-23-21-19-17-15-13-11-9-7-2/h8-11,14-17,20-23,26-28,30-32,35-38,41,43,55-56H,6-7,12-13,18-19,24-25,29,33-34,39-40,42,44-54H2,1-5H3/p+1/b10-8+,11-9+,16-14+,17-15+,22-20+,23-21+,28-26+,31-27+,32-30+,37-35+,38-36+,43-41+. The van der Waals surface area contributed by atoms with Crippen molar-refractivity contribution < 1.29 is 38.2 Å². The van der Waals surface area contributed by atoms with Crippen LogP contribution >= 0.6 is 0 Å². The molecule has 374 valence electrons. The lowest BCUT2D eigenvalue weighted by molar-refractivity contribution is -0.887. The number of aliphatic carboxylic acids is 1. The van der Waals surface area contributed by atoms with Crippen LogP contribution in [0.25, 0.3) is 0 Å². The van der Waals surface area contributed by atoms with E-state index in [1.165, 1.54) is 0 Å². The number of unbranched alkanes of at least 4 members (excludes halogenated alkanes) is 5. The fourth-order valence-corrected chi connectivity index (χ4v) is 6.40. The summed E-state index contributed by atoms with van der Waals surface area (Å²) in [7, 11) is 5.49. The maximum atomic E-state index is 12.8. The van der Waals surface area contributed by atoms with Crippen LogP contribution in [0.5, 0.6) is 0 Å². The number of carbonyl (C=O) groups is 3. The van der Waals surface area contributed by atoms with Crippen molar-refractivity contribution in [1.82, 2.24) is 0 Å². The first-order valence-electron chi connectivity index (χ1n) is 25.4. The zero-order valence-electron chi connectivity index (χ0n) is 42.5. The number of quaternary nitrogens is 1. The summed E-state index contributed by atoms with van der Waals surface area (Å²) >= 11 is 0. The zero-order chi connectivity index (χ0) is 49.2. The van der Waals surface area contributed by atoms with Crippen molar-refractivity contribution >= 4 is 17.9 Å². The Morgan fingerprint density at radius 2 is 0.806 bits per heavy atom. The average Bonchev–Trinajstić information content (AvgIpc) is 3.29. The summed E-state index contributed by atoms with van der Waals surface area (Å²) in [6, 6.07) is -0.639. The van der Waals surface area contributed by atoms with Gasteiger partial charge in [-0.1, -0.05) is 173 Å². The van der Waals surface area contributed by atoms with Crippen molar-refractivity contribution in [3.05, 3.63) is 146 Å². The van der Waals surface area contributed by atoms with Crippen molar-refractivity contribution in [3.8, 4) is 0 Å². The normalized spacial score (nSPS) is 14.1. The molecule has 0 fully saturated rings. The third kappa shape index (κ3) is 46.1. The summed E-state index contributed by atoms with van der Waals surface area (Å²) in [6.07, 6.45) is 70.5. The lowest BCUT2D eigenvalue weighted by Gasteiger charge is -2.31. The van der Waals surface area contributed by atoms with Gasteiger partial charge < -0.3 is 23.8 Å². The Morgan fingerprint density at radius 3 is 1.19 bits per heavy atom. The molecule has 0 aliphatic heterocycles. The second-order valence-corrected chi connectivity index (χ2v) is 17.3. The number of esters is 2. The van der Waals surface area contributed by atoms with Crippen LogP contribution in [0.1, 0.15) is 155 Å². The Bertz CT molecular complexity index is 1590. The maximum absolute atomic E-state index is 12.8. The second-order valence-electron chi connectivity index (χ2n) is 17.3. The molecule has 8 heteroatoms. The monoisotopic (exact) mass is 927 g/mol. The van der Waals surface area contributed by atoms with E-state index in [-0.39, 0.29) is 49.1 Å². The van der Waals surface area contributed by atoms with Gasteiger partial charge in [-0.05, 0) is 109 Å². The molecule has 67 heavy (non-hydrogen) atoms. The van der Waals surface area contributed by atoms with E-state index >= 15 is 0 Å². The summed E-state index contributed by atoms with van der Waals surface area (Å²) in [6.45, 7) is 4.39. The maximum Gasteiger partial charge on any atom is 0.362 e. The number of carboxylic acids is 1. The molecule has 0 radical (unpaired) electrons. The molecule has 0 aromatic carbocycles. The molecule has 0 heterocycles. The Balaban J connectivity index is 4.46. The molecular formula is C59H92NO7+. The van der Waals surface area contributed by atoms with Gasteiger partial charge in [-0.15, -0.1) is 0 Å². The second kappa shape index (κ2) is 47.7. The molecule has 0 amide bonds. The van der Waals surface area contributed by atoms with Crippen LogP contribution in [-0.2, 0) is 28.6 Å². The molecule has 0 saturated carbocycles. The van der Waals surface area contributed by atoms with Gasteiger partial charge in [-0.25, -0.2) is 4.79 Å². The summed E-state index contributed by atoms with van der Waals surface area (Å²) in [5.41, 5.74) is 0. The minimum absolute atomic E-state index is 0.0209. The van der Waals surface area contributed by atoms with Crippen molar-refractivity contribution in [3.63, 3.8) is 0 Å². The van der Waals surface area contributed by atoms with Gasteiger partial charge in [0.05, 0.1) is 34.4 Å². The average molecular weight is 927 g/mol. The molecule has 1 N–H and O–H groups in total. The van der Waals surface area contributed by atoms with Gasteiger partial charge in [-0.2, -0.15) is 0 Å². The zero-order valence-corrected chi connectivity index (χ0v) is 42.5. The van der Waals surface area contributed by atoms with Gasteiger partial charge in [0.25, 0.3) is 0 Å². The molecule has 0 aliphatic rings. The topological polar surface area (TPSA) is 99.1 Å². The molecule has 0 aromatic rings. The molecule has 2 unspecified atom stereocenters. The molecule has 0 aromatic heterocycles. The third-order valence-corrected chi connectivity index (χ3v) is 10.2. The van der Waals surface area contributed by atoms with Crippen molar-refractivity contribution in [2.45, 2.75) is 167 Å². The van der Waals surface area contributed by atoms with Gasteiger partial charge in [-0.3, -0.25) is 9.59 Å². The number of carbonyl (C=O) groups excluding carboxylic acids is 2. The van der Waals surface area contributed by atoms with Crippen LogP contribution in [0.3, 0.4) is 0 Å². The van der Waals surface area contributed by atoms with Crippen molar-refractivity contribution in [1.29, 1.82) is 0 Å². The van der Waals surface area contributed by atoms with E-state index in [9.17, 15) is 19.5 Å². The molecule has 0 spiro atoms. The first-order chi connectivity index (χ1) is 32.6. The number of likely N-dealkylation sites (N-methyl/N-ethyl adjacent to an activating group) is 1. The fourth-order valence-electron chi connectivity index (χ4n) is 6.40. The van der Waals surface area contributed by atoms with E-state index in [1.807, 2.05) is 21.1 Å². The van der Waals surface area contributed by atoms with E-state index in [0.29, 0.717) is 12.8 Å². The van der Waals surface area contributed by atoms with Crippen LogP contribution in [-0.4, -0.2) is 80.6 Å². The van der Waals surface area contributed by atoms with Crippen LogP contribution < -0.4 is 0 Å². The Labute approximate surface area is 408 Å². The minimum Gasteiger partial charge on any atom is -0.477 e. The van der Waals surface area contributed by atoms with Crippen LogP contribution in [0, 0.1) is 0 Å². The van der Waals surface area contributed by atoms with E-state index in [0.717, 1.165) is 116 Å². The van der Waals surface area contributed by atoms with Crippen molar-refractivity contribution in [2.24, 2.45) is 0 Å². The number of ether oxygens (including phenoxy) is 3. The lowest BCUT2D eigenvalue weighted by atomic mass is 10.1. The van der Waals surface area contributed by atoms with Crippen LogP contribution in [0.4, 0.5) is 0 Å². The number of allylic oxidation sites excluding steroid dienone is 24. The lowest BCUT2D eigenvalue weighted by Crippen LogP contribution is -2.50. The number of carboxylic acid groups (broad SMARTS) is 1. The number of nitrogens with zero attached hydrogens (tertiary/aromatic N) is 1. The molecule has 0 aliphatic carbocycles. The van der Waals surface area contributed by atoms with Gasteiger partial charge >= 0.3 is 17.9 Å². The summed E-state index contributed by atoms with van der Waals surface area (Å²) in [5.74, 6) is -1.60. The molecule has 0 rings (SSSR count). The molecule has 0 bridgehead atoms. The van der Waals surface area contributed by atoms with Gasteiger partial charge in [0.2, 0.25) is 0 Å². The van der Waals surface area contributed by atoms with Crippen LogP contribution in [0.15, 0.2) is 146 Å². The predicted molar refractivity (Wildman–Crippen MR) is 284 cm³/mol. The minimum atomic E-state index is -0.894. The van der Waals surface area contributed by atoms with E-state index in [2.05, 4.69) is 160 Å². The highest BCUT2D eigenvalue weighted by atomic mass is 16.6. The highest BCUT2D eigenvalue weighted by Gasteiger charge is 2.31. The molecule has 8 nitrogen and oxygen atoms in total. The quantitative estimate of drug-likeness (QED) is 0.0281. The summed E-state index contributed by atoms with van der Waals surface area (Å²) < 4.78 is 17.2. The Hall–Kier alpha value is -4.79. The molecular weight excluding hydrogens is 835 g/mol. The number of hydrogen-bond acceptors (Lipinski definition) is 6. The number of rotatable bonds is 43. The Morgan fingerprint density at radius 1 is 0.448 bits per heavy atom. The molecule has 0 saturated heterocycles. The highest BCUT2D eigenvalue weighted by Crippen LogP contribution is 2.12. The Kier molecular flexibility index (Phi) is 44.3. The first-order valence-corrected chi connectivity index (χ1v) is 25.4. The third-order valence-electron chi connectivity index (χ3n) is 10.2. The van der Waals surface area contributed by atoms with Gasteiger partial charge in [0.1, 0.15) is 6.61 Å². The SMILES string of the molecule is CC/C=C/C/C=C/C/C=C/C/C=C/C/C=C/C/C=C/C/C=C/CCCC(=O)OCC(COCCC(C(=O)O)[N+](C)(C)C)OC(=O)CCCCCC/C=C/C/C=C/C/C=C/C/C=C/C/C=C/CC. The highest BCUT2D eigenvalue weighted by molar-refractivity contribution is 5.72. The predicted octanol–water partition coefficient (Wildman–Crippen LogP) is 14.9. The van der Waals surface area contributed by atoms with E-state index in [4.69, 9.17) is 14.2 Å². The summed E-state index contributed by atoms with van der Waals surface area (Å²) in [4.78, 5) is 37.2. The number of hydrogen-bond donors (Lipinski definition) is 1. The van der Waals surface area contributed by atoms with E-state index in [1.54, 1.807) is 0 Å². The largest absolute Gasteiger partial charge is 0.477 e. The van der Waals surface area contributed by atoms with Gasteiger partial charge in [0.15, 0.2) is 12.1 Å². The van der Waals surface area contributed by atoms with E-state index < -0.39 is 18.1 Å².